The summed E-state index contributed by atoms with van der Waals surface area (Å²) in [5.74, 6) is 0.0297. The molecular formula is C15H20N6O5. The molecule has 0 aliphatic rings. The SMILES string of the molecule is C/C(=N\NC(=O)c1ccc(N)nc1)c1ncc([C@@H](O)[C@H](O)[C@H](O)CO)[nH]1. The van der Waals surface area contributed by atoms with Crippen molar-refractivity contribution in [3.63, 3.8) is 0 Å². The zero-order valence-corrected chi connectivity index (χ0v) is 13.9. The average molecular weight is 364 g/mol. The number of H-pyrrole nitrogens is 1. The number of nitrogens with one attached hydrogen (secondary N) is 2. The van der Waals surface area contributed by atoms with Gasteiger partial charge in [0.05, 0.1) is 24.1 Å². The Labute approximate surface area is 148 Å². The highest BCUT2D eigenvalue weighted by atomic mass is 16.4. The summed E-state index contributed by atoms with van der Waals surface area (Å²) in [6.07, 6.45) is -2.02. The number of aliphatic hydroxyl groups is 4. The van der Waals surface area contributed by atoms with Gasteiger partial charge in [-0.1, -0.05) is 0 Å². The summed E-state index contributed by atoms with van der Waals surface area (Å²) in [6.45, 7) is 0.862. The summed E-state index contributed by atoms with van der Waals surface area (Å²) < 4.78 is 0. The zero-order chi connectivity index (χ0) is 19.3. The second kappa shape index (κ2) is 8.49. The topological polar surface area (TPSA) is 190 Å². The summed E-state index contributed by atoms with van der Waals surface area (Å²) >= 11 is 0. The fraction of sp³-hybridized carbons (Fsp3) is 0.333. The van der Waals surface area contributed by atoms with Crippen LogP contribution in [0.1, 0.15) is 34.9 Å². The van der Waals surface area contributed by atoms with E-state index in [9.17, 15) is 20.1 Å². The van der Waals surface area contributed by atoms with E-state index in [1.54, 1.807) is 6.92 Å². The van der Waals surface area contributed by atoms with Gasteiger partial charge in [-0.3, -0.25) is 4.79 Å². The van der Waals surface area contributed by atoms with Crippen LogP contribution < -0.4 is 11.2 Å². The van der Waals surface area contributed by atoms with Gasteiger partial charge in [0.25, 0.3) is 5.91 Å². The van der Waals surface area contributed by atoms with Crippen LogP contribution in [-0.2, 0) is 0 Å². The van der Waals surface area contributed by atoms with Crippen LogP contribution in [0.2, 0.25) is 0 Å². The van der Waals surface area contributed by atoms with Gasteiger partial charge in [-0.2, -0.15) is 5.10 Å². The predicted octanol–water partition coefficient (Wildman–Crippen LogP) is -1.71. The number of hydrogen-bond acceptors (Lipinski definition) is 9. The number of nitrogen functional groups attached to an aromatic ring is 1. The Morgan fingerprint density at radius 1 is 1.31 bits per heavy atom. The number of rotatable bonds is 7. The lowest BCUT2D eigenvalue weighted by molar-refractivity contribution is -0.0788. The minimum absolute atomic E-state index is 0.114. The Morgan fingerprint density at radius 3 is 2.65 bits per heavy atom. The molecule has 26 heavy (non-hydrogen) atoms. The number of amides is 1. The number of aliphatic hydroxyl groups excluding tert-OH is 4. The van der Waals surface area contributed by atoms with Crippen LogP contribution in [0.5, 0.6) is 0 Å². The summed E-state index contributed by atoms with van der Waals surface area (Å²) in [5.41, 5.74) is 8.47. The quantitative estimate of drug-likeness (QED) is 0.223. The molecule has 2 aromatic rings. The minimum Gasteiger partial charge on any atom is -0.394 e. The highest BCUT2D eigenvalue weighted by Gasteiger charge is 2.27. The molecule has 0 spiro atoms. The molecule has 0 aliphatic carbocycles. The van der Waals surface area contributed by atoms with E-state index in [1.165, 1.54) is 24.5 Å². The molecule has 11 nitrogen and oxygen atoms in total. The molecule has 3 atom stereocenters. The van der Waals surface area contributed by atoms with Crippen LogP contribution in [0, 0.1) is 0 Å². The molecule has 0 saturated heterocycles. The molecular weight excluding hydrogens is 344 g/mol. The van der Waals surface area contributed by atoms with E-state index in [1.807, 2.05) is 0 Å². The standard InChI is InChI=1S/C15H20N6O5/c1-7(20-21-15(26)8-2-3-11(16)17-4-8)14-18-5-9(19-14)12(24)13(25)10(23)6-22/h2-5,10,12-13,22-25H,6H2,1H3,(H2,16,17)(H,18,19)(H,21,26)/b20-7+/t10-,12-,13-/m1/s1. The van der Waals surface area contributed by atoms with Crippen molar-refractivity contribution in [3.8, 4) is 0 Å². The molecule has 0 bridgehead atoms. The van der Waals surface area contributed by atoms with Crippen molar-refractivity contribution in [3.05, 3.63) is 41.6 Å². The number of aromatic amines is 1. The normalized spacial score (nSPS) is 15.3. The maximum atomic E-state index is 11.9. The Bertz CT molecular complexity index is 775. The van der Waals surface area contributed by atoms with Crippen molar-refractivity contribution in [2.24, 2.45) is 5.10 Å². The van der Waals surface area contributed by atoms with Crippen LogP contribution in [0.15, 0.2) is 29.6 Å². The van der Waals surface area contributed by atoms with Crippen molar-refractivity contribution in [1.29, 1.82) is 0 Å². The molecule has 0 aromatic carbocycles. The number of hydrogen-bond donors (Lipinski definition) is 7. The number of pyridine rings is 1. The van der Waals surface area contributed by atoms with E-state index >= 15 is 0 Å². The van der Waals surface area contributed by atoms with Crippen molar-refractivity contribution in [2.75, 3.05) is 12.3 Å². The number of nitrogens with zero attached hydrogens (tertiary/aromatic N) is 3. The maximum absolute atomic E-state index is 11.9. The molecule has 0 radical (unpaired) electrons. The van der Waals surface area contributed by atoms with E-state index in [4.69, 9.17) is 10.8 Å². The highest BCUT2D eigenvalue weighted by Crippen LogP contribution is 2.17. The maximum Gasteiger partial charge on any atom is 0.272 e. The zero-order valence-electron chi connectivity index (χ0n) is 13.9. The van der Waals surface area contributed by atoms with Crippen LogP contribution in [0.25, 0.3) is 0 Å². The molecule has 140 valence electrons. The van der Waals surface area contributed by atoms with Gasteiger partial charge < -0.3 is 31.1 Å². The van der Waals surface area contributed by atoms with E-state index in [2.05, 4.69) is 25.5 Å². The summed E-state index contributed by atoms with van der Waals surface area (Å²) in [4.78, 5) is 22.5. The van der Waals surface area contributed by atoms with E-state index in [-0.39, 0.29) is 22.9 Å². The first-order valence-corrected chi connectivity index (χ1v) is 7.60. The Hall–Kier alpha value is -2.86. The number of hydrazone groups is 1. The third kappa shape index (κ3) is 4.61. The first-order chi connectivity index (χ1) is 12.3. The summed E-state index contributed by atoms with van der Waals surface area (Å²) in [6, 6.07) is 2.98. The van der Waals surface area contributed by atoms with E-state index < -0.39 is 30.8 Å². The third-order valence-corrected chi connectivity index (χ3v) is 3.54. The molecule has 8 N–H and O–H groups in total. The van der Waals surface area contributed by atoms with Crippen molar-refractivity contribution in [1.82, 2.24) is 20.4 Å². The van der Waals surface area contributed by atoms with Gasteiger partial charge in [0.2, 0.25) is 0 Å². The number of imidazole rings is 1. The van der Waals surface area contributed by atoms with Crippen molar-refractivity contribution >= 4 is 17.4 Å². The van der Waals surface area contributed by atoms with Crippen LogP contribution in [0.3, 0.4) is 0 Å². The lowest BCUT2D eigenvalue weighted by Crippen LogP contribution is -2.34. The number of carbonyl (C=O) groups excluding carboxylic acids is 1. The molecule has 2 rings (SSSR count). The largest absolute Gasteiger partial charge is 0.394 e. The predicted molar refractivity (Wildman–Crippen MR) is 91.0 cm³/mol. The average Bonchev–Trinajstić information content (AvgIpc) is 3.14. The molecule has 2 aromatic heterocycles. The third-order valence-electron chi connectivity index (χ3n) is 3.54. The minimum atomic E-state index is -1.59. The number of carbonyl (C=O) groups is 1. The smallest absolute Gasteiger partial charge is 0.272 e. The van der Waals surface area contributed by atoms with Crippen LogP contribution in [-0.4, -0.2) is 65.8 Å². The van der Waals surface area contributed by atoms with Gasteiger partial charge in [-0.15, -0.1) is 0 Å². The second-order valence-electron chi connectivity index (χ2n) is 5.48. The van der Waals surface area contributed by atoms with Crippen LogP contribution in [0.4, 0.5) is 5.82 Å². The first-order valence-electron chi connectivity index (χ1n) is 7.60. The monoisotopic (exact) mass is 364 g/mol. The van der Waals surface area contributed by atoms with Crippen LogP contribution >= 0.6 is 0 Å². The highest BCUT2D eigenvalue weighted by molar-refractivity contribution is 5.98. The van der Waals surface area contributed by atoms with Gasteiger partial charge in [0.15, 0.2) is 5.82 Å². The molecule has 2 heterocycles. The van der Waals surface area contributed by atoms with Gasteiger partial charge in [-0.05, 0) is 19.1 Å². The van der Waals surface area contributed by atoms with E-state index in [0.29, 0.717) is 5.71 Å². The number of nitrogens with two attached hydrogens (primary N) is 1. The lowest BCUT2D eigenvalue weighted by Gasteiger charge is -2.20. The van der Waals surface area contributed by atoms with Gasteiger partial charge in [0.1, 0.15) is 29.8 Å². The number of aromatic nitrogens is 3. The first kappa shape index (κ1) is 19.5. The molecule has 0 fully saturated rings. The molecule has 0 aliphatic heterocycles. The fourth-order valence-electron chi connectivity index (χ4n) is 1.96. The molecule has 11 heteroatoms. The van der Waals surface area contributed by atoms with Gasteiger partial charge in [-0.25, -0.2) is 15.4 Å². The fourth-order valence-corrected chi connectivity index (χ4v) is 1.96. The molecule has 0 saturated carbocycles. The molecule has 0 unspecified atom stereocenters. The van der Waals surface area contributed by atoms with Crippen molar-refractivity contribution < 1.29 is 25.2 Å². The van der Waals surface area contributed by atoms with Gasteiger partial charge in [0, 0.05) is 6.20 Å². The molecule has 1 amide bonds. The van der Waals surface area contributed by atoms with Crippen molar-refractivity contribution in [2.45, 2.75) is 25.2 Å². The van der Waals surface area contributed by atoms with Gasteiger partial charge >= 0.3 is 0 Å². The summed E-state index contributed by atoms with van der Waals surface area (Å²) in [5, 5.41) is 41.7. The second-order valence-corrected chi connectivity index (χ2v) is 5.48. The summed E-state index contributed by atoms with van der Waals surface area (Å²) in [7, 11) is 0. The lowest BCUT2D eigenvalue weighted by atomic mass is 10.1. The number of anilines is 1. The Morgan fingerprint density at radius 2 is 2.04 bits per heavy atom. The Balaban J connectivity index is 2.04. The Kier molecular flexibility index (Phi) is 6.36. The van der Waals surface area contributed by atoms with E-state index in [0.717, 1.165) is 0 Å².